The standard InChI is InChI=1S/C23H28BrN3O2/c1-18-10-11-21(20(24)16-18)25-22(28)17-26-12-14-27(15-13-26)23(29)9-5-8-19-6-3-2-4-7-19/h2-4,6-7,10-11,16H,5,8-9,12-15,17H2,1H3,(H,25,28). The molecule has 6 heteroatoms. The summed E-state index contributed by atoms with van der Waals surface area (Å²) in [4.78, 5) is 28.8. The molecule has 1 N–H and O–H groups in total. The topological polar surface area (TPSA) is 52.7 Å². The molecule has 1 aliphatic heterocycles. The van der Waals surface area contributed by atoms with E-state index in [1.807, 2.05) is 48.2 Å². The summed E-state index contributed by atoms with van der Waals surface area (Å²) in [5, 5.41) is 2.95. The molecule has 1 aliphatic rings. The normalized spacial score (nSPS) is 14.6. The van der Waals surface area contributed by atoms with Crippen LogP contribution in [0.3, 0.4) is 0 Å². The summed E-state index contributed by atoms with van der Waals surface area (Å²) in [6.45, 7) is 5.19. The SMILES string of the molecule is Cc1ccc(NC(=O)CN2CCN(C(=O)CCCc3ccccc3)CC2)c(Br)c1. The minimum absolute atomic E-state index is 0.0304. The molecule has 1 fully saturated rings. The molecular formula is C23H28BrN3O2. The quantitative estimate of drug-likeness (QED) is 0.686. The number of aryl methyl sites for hydroxylation is 2. The maximum absolute atomic E-state index is 12.4. The first-order valence-electron chi connectivity index (χ1n) is 10.1. The third-order valence-electron chi connectivity index (χ3n) is 5.19. The summed E-state index contributed by atoms with van der Waals surface area (Å²) in [7, 11) is 0. The van der Waals surface area contributed by atoms with Crippen molar-refractivity contribution in [3.8, 4) is 0 Å². The lowest BCUT2D eigenvalue weighted by Crippen LogP contribution is -2.50. The van der Waals surface area contributed by atoms with Gasteiger partial charge in [0, 0.05) is 37.1 Å². The van der Waals surface area contributed by atoms with E-state index in [1.54, 1.807) is 0 Å². The molecule has 0 radical (unpaired) electrons. The van der Waals surface area contributed by atoms with Crippen molar-refractivity contribution < 1.29 is 9.59 Å². The van der Waals surface area contributed by atoms with Crippen molar-refractivity contribution in [2.24, 2.45) is 0 Å². The van der Waals surface area contributed by atoms with E-state index in [-0.39, 0.29) is 11.8 Å². The van der Waals surface area contributed by atoms with Crippen LogP contribution in [0.15, 0.2) is 53.0 Å². The van der Waals surface area contributed by atoms with Gasteiger partial charge < -0.3 is 10.2 Å². The number of rotatable bonds is 7. The molecule has 0 aromatic heterocycles. The third-order valence-corrected chi connectivity index (χ3v) is 5.85. The fraction of sp³-hybridized carbons (Fsp3) is 0.391. The maximum Gasteiger partial charge on any atom is 0.238 e. The van der Waals surface area contributed by atoms with Crippen LogP contribution in [0, 0.1) is 6.92 Å². The first-order chi connectivity index (χ1) is 14.0. The lowest BCUT2D eigenvalue weighted by molar-refractivity contribution is -0.133. The van der Waals surface area contributed by atoms with Crippen LogP contribution in [0.25, 0.3) is 0 Å². The van der Waals surface area contributed by atoms with Gasteiger partial charge >= 0.3 is 0 Å². The third kappa shape index (κ3) is 6.68. The highest BCUT2D eigenvalue weighted by Crippen LogP contribution is 2.23. The molecule has 0 spiro atoms. The molecule has 1 saturated heterocycles. The number of halogens is 1. The zero-order valence-electron chi connectivity index (χ0n) is 16.9. The molecular weight excluding hydrogens is 430 g/mol. The van der Waals surface area contributed by atoms with Crippen molar-refractivity contribution in [2.45, 2.75) is 26.2 Å². The van der Waals surface area contributed by atoms with E-state index in [1.165, 1.54) is 5.56 Å². The van der Waals surface area contributed by atoms with Crippen molar-refractivity contribution in [3.63, 3.8) is 0 Å². The first kappa shape index (κ1) is 21.5. The number of anilines is 1. The second-order valence-electron chi connectivity index (χ2n) is 7.53. The largest absolute Gasteiger partial charge is 0.340 e. The summed E-state index contributed by atoms with van der Waals surface area (Å²) < 4.78 is 0.886. The summed E-state index contributed by atoms with van der Waals surface area (Å²) in [6.07, 6.45) is 2.38. The second-order valence-corrected chi connectivity index (χ2v) is 8.38. The van der Waals surface area contributed by atoms with Crippen LogP contribution >= 0.6 is 15.9 Å². The molecule has 2 aromatic rings. The number of nitrogens with one attached hydrogen (secondary N) is 1. The van der Waals surface area contributed by atoms with E-state index in [2.05, 4.69) is 38.3 Å². The highest BCUT2D eigenvalue weighted by molar-refractivity contribution is 9.10. The van der Waals surface area contributed by atoms with E-state index < -0.39 is 0 Å². The predicted molar refractivity (Wildman–Crippen MR) is 120 cm³/mol. The van der Waals surface area contributed by atoms with Gasteiger partial charge in [-0.3, -0.25) is 14.5 Å². The van der Waals surface area contributed by atoms with Crippen molar-refractivity contribution in [3.05, 3.63) is 64.1 Å². The van der Waals surface area contributed by atoms with Gasteiger partial charge in [-0.05, 0) is 59.0 Å². The average Bonchev–Trinajstić information content (AvgIpc) is 2.71. The molecule has 2 aromatic carbocycles. The summed E-state index contributed by atoms with van der Waals surface area (Å²) in [5.74, 6) is 0.186. The number of benzene rings is 2. The van der Waals surface area contributed by atoms with Crippen molar-refractivity contribution in [1.82, 2.24) is 9.80 Å². The maximum atomic E-state index is 12.4. The number of carbonyl (C=O) groups is 2. The highest BCUT2D eigenvalue weighted by Gasteiger charge is 2.22. The molecule has 5 nitrogen and oxygen atoms in total. The number of amides is 2. The monoisotopic (exact) mass is 457 g/mol. The van der Waals surface area contributed by atoms with Gasteiger partial charge in [-0.25, -0.2) is 0 Å². The Morgan fingerprint density at radius 1 is 1.03 bits per heavy atom. The van der Waals surface area contributed by atoms with Gasteiger partial charge in [-0.15, -0.1) is 0 Å². The smallest absolute Gasteiger partial charge is 0.238 e. The number of piperazine rings is 1. The minimum atomic E-state index is -0.0304. The zero-order chi connectivity index (χ0) is 20.6. The zero-order valence-corrected chi connectivity index (χ0v) is 18.5. The Morgan fingerprint density at radius 3 is 2.45 bits per heavy atom. The van der Waals surface area contributed by atoms with Crippen LogP contribution < -0.4 is 5.32 Å². The molecule has 1 heterocycles. The van der Waals surface area contributed by atoms with Crippen molar-refractivity contribution in [2.75, 3.05) is 38.0 Å². The fourth-order valence-electron chi connectivity index (χ4n) is 3.52. The lowest BCUT2D eigenvalue weighted by atomic mass is 10.1. The molecule has 29 heavy (non-hydrogen) atoms. The van der Waals surface area contributed by atoms with Gasteiger partial charge in [0.2, 0.25) is 11.8 Å². The highest BCUT2D eigenvalue weighted by atomic mass is 79.9. The first-order valence-corrected chi connectivity index (χ1v) is 10.9. The van der Waals surface area contributed by atoms with Crippen molar-refractivity contribution >= 4 is 33.4 Å². The average molecular weight is 458 g/mol. The Hall–Kier alpha value is -2.18. The van der Waals surface area contributed by atoms with Crippen molar-refractivity contribution in [1.29, 1.82) is 0 Å². The van der Waals surface area contributed by atoms with Crippen LogP contribution in [0.1, 0.15) is 24.0 Å². The number of nitrogens with zero attached hydrogens (tertiary/aromatic N) is 2. The molecule has 154 valence electrons. The molecule has 0 aliphatic carbocycles. The minimum Gasteiger partial charge on any atom is -0.340 e. The van der Waals surface area contributed by atoms with Crippen LogP contribution in [-0.2, 0) is 16.0 Å². The Morgan fingerprint density at radius 2 is 1.76 bits per heavy atom. The molecule has 0 atom stereocenters. The Bertz CT molecular complexity index is 833. The fourth-order valence-corrected chi connectivity index (χ4v) is 4.11. The molecule has 2 amide bonds. The number of carbonyl (C=O) groups excluding carboxylic acids is 2. The molecule has 3 rings (SSSR count). The predicted octanol–water partition coefficient (Wildman–Crippen LogP) is 3.86. The number of hydrogen-bond donors (Lipinski definition) is 1. The summed E-state index contributed by atoms with van der Waals surface area (Å²) in [6, 6.07) is 16.1. The second kappa shape index (κ2) is 10.6. The Kier molecular flexibility index (Phi) is 7.83. The Labute approximate surface area is 181 Å². The van der Waals surface area contributed by atoms with Gasteiger partial charge in [-0.1, -0.05) is 36.4 Å². The number of hydrogen-bond acceptors (Lipinski definition) is 3. The summed E-state index contributed by atoms with van der Waals surface area (Å²) >= 11 is 3.49. The lowest BCUT2D eigenvalue weighted by Gasteiger charge is -2.34. The van der Waals surface area contributed by atoms with E-state index in [4.69, 9.17) is 0 Å². The van der Waals surface area contributed by atoms with E-state index in [0.29, 0.717) is 26.1 Å². The van der Waals surface area contributed by atoms with Crippen LogP contribution in [0.2, 0.25) is 0 Å². The van der Waals surface area contributed by atoms with Crippen LogP contribution in [0.4, 0.5) is 5.69 Å². The van der Waals surface area contributed by atoms with E-state index in [9.17, 15) is 9.59 Å². The molecule has 0 unspecified atom stereocenters. The van der Waals surface area contributed by atoms with Gasteiger partial charge in [0.1, 0.15) is 0 Å². The van der Waals surface area contributed by atoms with Gasteiger partial charge in [0.25, 0.3) is 0 Å². The Balaban J connectivity index is 1.37. The van der Waals surface area contributed by atoms with E-state index in [0.717, 1.165) is 41.7 Å². The molecule has 0 saturated carbocycles. The molecule has 0 bridgehead atoms. The van der Waals surface area contributed by atoms with Gasteiger partial charge in [0.05, 0.1) is 12.2 Å². The van der Waals surface area contributed by atoms with Crippen LogP contribution in [-0.4, -0.2) is 54.3 Å². The van der Waals surface area contributed by atoms with Gasteiger partial charge in [0.15, 0.2) is 0 Å². The van der Waals surface area contributed by atoms with Gasteiger partial charge in [-0.2, -0.15) is 0 Å². The van der Waals surface area contributed by atoms with E-state index >= 15 is 0 Å². The van der Waals surface area contributed by atoms with Crippen LogP contribution in [0.5, 0.6) is 0 Å². The summed E-state index contributed by atoms with van der Waals surface area (Å²) in [5.41, 5.74) is 3.20.